The second kappa shape index (κ2) is 2.73. The molecule has 0 spiro atoms. The smallest absolute Gasteiger partial charge is 0.137 e. The fourth-order valence-electron chi connectivity index (χ4n) is 1.79. The monoisotopic (exact) mass is 156 g/mol. The van der Waals surface area contributed by atoms with E-state index in [0.29, 0.717) is 12.3 Å². The van der Waals surface area contributed by atoms with Crippen LogP contribution in [0, 0.1) is 5.92 Å². The van der Waals surface area contributed by atoms with Crippen LogP contribution < -0.4 is 5.32 Å². The molecule has 2 saturated heterocycles. The van der Waals surface area contributed by atoms with E-state index in [9.17, 15) is 0 Å². The Balaban J connectivity index is 1.64. The van der Waals surface area contributed by atoms with Gasteiger partial charge in [0.1, 0.15) is 6.23 Å². The third-order valence-corrected chi connectivity index (χ3v) is 2.52. The van der Waals surface area contributed by atoms with Crippen molar-refractivity contribution in [3.8, 4) is 0 Å². The molecule has 0 bridgehead atoms. The maximum atomic E-state index is 5.35. The predicted octanol–water partition coefficient (Wildman–Crippen LogP) is -0.118. The van der Waals surface area contributed by atoms with Gasteiger partial charge in [-0.1, -0.05) is 0 Å². The summed E-state index contributed by atoms with van der Waals surface area (Å²) in [6, 6.07) is 0. The van der Waals surface area contributed by atoms with E-state index >= 15 is 0 Å². The lowest BCUT2D eigenvalue weighted by atomic mass is 10.0. The molecule has 1 N–H and O–H groups in total. The second-order valence-electron chi connectivity index (χ2n) is 3.61. The van der Waals surface area contributed by atoms with E-state index in [1.54, 1.807) is 0 Å². The Morgan fingerprint density at radius 1 is 1.55 bits per heavy atom. The molecule has 2 aliphatic heterocycles. The lowest BCUT2D eigenvalue weighted by Gasteiger charge is -2.38. The Bertz CT molecular complexity index is 145. The van der Waals surface area contributed by atoms with E-state index in [1.165, 1.54) is 13.1 Å². The third kappa shape index (κ3) is 1.41. The van der Waals surface area contributed by atoms with E-state index in [1.807, 2.05) is 7.05 Å². The summed E-state index contributed by atoms with van der Waals surface area (Å²) in [5, 5.41) is 3.19. The van der Waals surface area contributed by atoms with E-state index < -0.39 is 0 Å². The molecule has 0 amide bonds. The molecule has 2 rings (SSSR count). The standard InChI is InChI=1S/C8H16N2O/c1-6-8(11-6)10-4-7(5-10)3-9-2/h6-9H,3-5H2,1-2H3. The van der Waals surface area contributed by atoms with Crippen LogP contribution in [0.25, 0.3) is 0 Å². The first-order valence-corrected chi connectivity index (χ1v) is 4.35. The summed E-state index contributed by atoms with van der Waals surface area (Å²) in [6.45, 7) is 5.72. The molecule has 3 nitrogen and oxygen atoms in total. The van der Waals surface area contributed by atoms with Crippen molar-refractivity contribution in [2.45, 2.75) is 19.3 Å². The van der Waals surface area contributed by atoms with E-state index in [4.69, 9.17) is 4.74 Å². The number of nitrogens with zero attached hydrogens (tertiary/aromatic N) is 1. The summed E-state index contributed by atoms with van der Waals surface area (Å²) in [5.41, 5.74) is 0. The van der Waals surface area contributed by atoms with Gasteiger partial charge in [0.25, 0.3) is 0 Å². The maximum absolute atomic E-state index is 5.35. The number of hydrogen-bond donors (Lipinski definition) is 1. The van der Waals surface area contributed by atoms with Gasteiger partial charge < -0.3 is 10.1 Å². The number of epoxide rings is 1. The summed E-state index contributed by atoms with van der Waals surface area (Å²) in [5.74, 6) is 0.858. The quantitative estimate of drug-likeness (QED) is 0.577. The number of hydrogen-bond acceptors (Lipinski definition) is 3. The molecule has 0 radical (unpaired) electrons. The van der Waals surface area contributed by atoms with Crippen LogP contribution in [0.1, 0.15) is 6.92 Å². The molecule has 0 aliphatic carbocycles. The maximum Gasteiger partial charge on any atom is 0.137 e. The topological polar surface area (TPSA) is 27.8 Å². The van der Waals surface area contributed by atoms with Crippen LogP contribution in [0.3, 0.4) is 0 Å². The fraction of sp³-hybridized carbons (Fsp3) is 1.00. The Hall–Kier alpha value is -0.120. The summed E-state index contributed by atoms with van der Waals surface area (Å²) < 4.78 is 5.35. The summed E-state index contributed by atoms with van der Waals surface area (Å²) in [4.78, 5) is 2.41. The second-order valence-corrected chi connectivity index (χ2v) is 3.61. The zero-order valence-corrected chi connectivity index (χ0v) is 7.21. The van der Waals surface area contributed by atoms with Gasteiger partial charge in [-0.15, -0.1) is 0 Å². The van der Waals surface area contributed by atoms with Crippen LogP contribution in [0.4, 0.5) is 0 Å². The molecule has 2 aliphatic rings. The Kier molecular flexibility index (Phi) is 1.87. The van der Waals surface area contributed by atoms with Crippen LogP contribution in [-0.4, -0.2) is 43.9 Å². The first-order valence-electron chi connectivity index (χ1n) is 4.35. The Morgan fingerprint density at radius 3 is 2.64 bits per heavy atom. The molecule has 2 heterocycles. The van der Waals surface area contributed by atoms with Crippen LogP contribution in [-0.2, 0) is 4.74 Å². The van der Waals surface area contributed by atoms with Crippen molar-refractivity contribution in [2.24, 2.45) is 5.92 Å². The predicted molar refractivity (Wildman–Crippen MR) is 43.3 cm³/mol. The number of ether oxygens (including phenoxy) is 1. The van der Waals surface area contributed by atoms with Gasteiger partial charge in [0, 0.05) is 19.6 Å². The highest BCUT2D eigenvalue weighted by Gasteiger charge is 2.44. The molecule has 64 valence electrons. The summed E-state index contributed by atoms with van der Waals surface area (Å²) >= 11 is 0. The van der Waals surface area contributed by atoms with Crippen molar-refractivity contribution in [1.82, 2.24) is 10.2 Å². The van der Waals surface area contributed by atoms with Gasteiger partial charge in [0.05, 0.1) is 6.10 Å². The Morgan fingerprint density at radius 2 is 2.18 bits per heavy atom. The van der Waals surface area contributed by atoms with Gasteiger partial charge in [-0.2, -0.15) is 0 Å². The number of likely N-dealkylation sites (tertiary alicyclic amines) is 1. The fourth-order valence-corrected chi connectivity index (χ4v) is 1.79. The molecule has 0 aromatic heterocycles. The average molecular weight is 156 g/mol. The van der Waals surface area contributed by atoms with Gasteiger partial charge in [-0.25, -0.2) is 0 Å². The minimum Gasteiger partial charge on any atom is -0.353 e. The lowest BCUT2D eigenvalue weighted by Crippen LogP contribution is -2.51. The van der Waals surface area contributed by atoms with Gasteiger partial charge in [0.2, 0.25) is 0 Å². The Labute approximate surface area is 67.7 Å². The molecule has 0 aromatic rings. The van der Waals surface area contributed by atoms with Crippen molar-refractivity contribution in [1.29, 1.82) is 0 Å². The molecule has 2 unspecified atom stereocenters. The molecule has 0 saturated carbocycles. The third-order valence-electron chi connectivity index (χ3n) is 2.52. The highest BCUT2D eigenvalue weighted by Crippen LogP contribution is 2.31. The first kappa shape index (κ1) is 7.53. The lowest BCUT2D eigenvalue weighted by molar-refractivity contribution is 0.0510. The van der Waals surface area contributed by atoms with E-state index in [-0.39, 0.29) is 0 Å². The van der Waals surface area contributed by atoms with Crippen molar-refractivity contribution in [3.63, 3.8) is 0 Å². The van der Waals surface area contributed by atoms with Crippen molar-refractivity contribution >= 4 is 0 Å². The zero-order chi connectivity index (χ0) is 7.84. The highest BCUT2D eigenvalue weighted by atomic mass is 16.6. The van der Waals surface area contributed by atoms with Crippen molar-refractivity contribution < 1.29 is 4.74 Å². The molecule has 0 aromatic carbocycles. The molecular formula is C8H16N2O. The molecule has 2 atom stereocenters. The van der Waals surface area contributed by atoms with Gasteiger partial charge in [0.15, 0.2) is 0 Å². The largest absolute Gasteiger partial charge is 0.353 e. The van der Waals surface area contributed by atoms with Gasteiger partial charge in [-0.3, -0.25) is 4.90 Å². The SMILES string of the molecule is CNCC1CN(C2OC2C)C1. The van der Waals surface area contributed by atoms with Crippen LogP contribution in [0.5, 0.6) is 0 Å². The normalized spacial score (nSPS) is 38.7. The van der Waals surface area contributed by atoms with Crippen LogP contribution >= 0.6 is 0 Å². The van der Waals surface area contributed by atoms with E-state index in [2.05, 4.69) is 17.1 Å². The molecular weight excluding hydrogens is 140 g/mol. The highest BCUT2D eigenvalue weighted by molar-refractivity contribution is 4.90. The number of nitrogens with one attached hydrogen (secondary N) is 1. The minimum atomic E-state index is 0.461. The minimum absolute atomic E-state index is 0.461. The average Bonchev–Trinajstić information content (AvgIpc) is 2.56. The van der Waals surface area contributed by atoms with Gasteiger partial charge >= 0.3 is 0 Å². The zero-order valence-electron chi connectivity index (χ0n) is 7.21. The molecule has 3 heteroatoms. The summed E-state index contributed by atoms with van der Waals surface area (Å²) in [6.07, 6.45) is 0.952. The van der Waals surface area contributed by atoms with Crippen LogP contribution in [0.15, 0.2) is 0 Å². The first-order chi connectivity index (χ1) is 5.31. The van der Waals surface area contributed by atoms with Crippen LogP contribution in [0.2, 0.25) is 0 Å². The van der Waals surface area contributed by atoms with Gasteiger partial charge in [-0.05, 0) is 19.9 Å². The molecule has 11 heavy (non-hydrogen) atoms. The van der Waals surface area contributed by atoms with Crippen molar-refractivity contribution in [3.05, 3.63) is 0 Å². The molecule has 2 fully saturated rings. The van der Waals surface area contributed by atoms with E-state index in [0.717, 1.165) is 12.5 Å². The summed E-state index contributed by atoms with van der Waals surface area (Å²) in [7, 11) is 2.01. The van der Waals surface area contributed by atoms with Crippen molar-refractivity contribution in [2.75, 3.05) is 26.7 Å². The number of rotatable bonds is 3.